The molecule has 0 bridgehead atoms. The van der Waals surface area contributed by atoms with E-state index in [1.54, 1.807) is 6.07 Å². The van der Waals surface area contributed by atoms with Crippen LogP contribution in [0.5, 0.6) is 0 Å². The van der Waals surface area contributed by atoms with Crippen molar-refractivity contribution >= 4 is 5.69 Å². The Balaban J connectivity index is 1.69. The molecule has 1 fully saturated rings. The predicted octanol–water partition coefficient (Wildman–Crippen LogP) is 4.43. The Kier molecular flexibility index (Phi) is 3.20. The topological polar surface area (TPSA) is 25.2 Å². The van der Waals surface area contributed by atoms with Crippen LogP contribution < -0.4 is 5.32 Å². The predicted molar refractivity (Wildman–Crippen MR) is 68.9 cm³/mol. The Morgan fingerprint density at radius 3 is 2.70 bits per heavy atom. The van der Waals surface area contributed by atoms with Gasteiger partial charge in [-0.3, -0.25) is 0 Å². The first-order valence-electron chi connectivity index (χ1n) is 6.51. The van der Waals surface area contributed by atoms with Crippen LogP contribution in [0.1, 0.15) is 30.8 Å². The molecule has 2 atom stereocenters. The van der Waals surface area contributed by atoms with Gasteiger partial charge in [-0.2, -0.15) is 0 Å². The van der Waals surface area contributed by atoms with Crippen molar-refractivity contribution in [3.05, 3.63) is 53.2 Å². The normalized spacial score (nSPS) is 21.0. The Labute approximate surface area is 114 Å². The lowest BCUT2D eigenvalue weighted by Gasteiger charge is -2.06. The van der Waals surface area contributed by atoms with Crippen LogP contribution >= 0.6 is 0 Å². The minimum atomic E-state index is -1.21. The first-order valence-corrected chi connectivity index (χ1v) is 6.51. The second kappa shape index (κ2) is 4.89. The summed E-state index contributed by atoms with van der Waals surface area (Å²) in [6.07, 6.45) is 1.12. The van der Waals surface area contributed by atoms with E-state index >= 15 is 0 Å². The average molecular weight is 281 g/mol. The maximum Gasteiger partial charge on any atom is 0.182 e. The molecule has 1 aromatic carbocycles. The molecule has 20 heavy (non-hydrogen) atoms. The molecule has 1 aliphatic rings. The summed E-state index contributed by atoms with van der Waals surface area (Å²) >= 11 is 0. The summed E-state index contributed by atoms with van der Waals surface area (Å²) in [5.74, 6) is -0.487. The van der Waals surface area contributed by atoms with Crippen molar-refractivity contribution in [3.63, 3.8) is 0 Å². The smallest absolute Gasteiger partial charge is 0.182 e. The zero-order valence-corrected chi connectivity index (χ0v) is 10.9. The molecular weight excluding hydrogens is 267 g/mol. The molecule has 106 valence electrons. The third-order valence-electron chi connectivity index (χ3n) is 3.60. The summed E-state index contributed by atoms with van der Waals surface area (Å²) in [7, 11) is 0. The Morgan fingerprint density at radius 2 is 2.00 bits per heavy atom. The van der Waals surface area contributed by atoms with E-state index in [2.05, 4.69) is 12.2 Å². The maximum absolute atomic E-state index is 13.4. The van der Waals surface area contributed by atoms with Crippen LogP contribution in [0.15, 0.2) is 28.7 Å². The molecule has 1 aliphatic carbocycles. The van der Waals surface area contributed by atoms with Gasteiger partial charge in [0.25, 0.3) is 0 Å². The van der Waals surface area contributed by atoms with E-state index in [9.17, 15) is 13.2 Å². The molecule has 1 heterocycles. The lowest BCUT2D eigenvalue weighted by Crippen LogP contribution is -2.03. The fraction of sp³-hybridized carbons (Fsp3) is 0.333. The van der Waals surface area contributed by atoms with E-state index in [-0.39, 0.29) is 12.2 Å². The number of rotatable bonds is 4. The van der Waals surface area contributed by atoms with Crippen LogP contribution in [0.25, 0.3) is 0 Å². The maximum atomic E-state index is 13.4. The lowest BCUT2D eigenvalue weighted by molar-refractivity contribution is 0.466. The Hall–Kier alpha value is -1.91. The fourth-order valence-corrected chi connectivity index (χ4v) is 2.27. The quantitative estimate of drug-likeness (QED) is 0.838. The lowest BCUT2D eigenvalue weighted by atomic mass is 10.2. The van der Waals surface area contributed by atoms with Gasteiger partial charge in [0.15, 0.2) is 11.6 Å². The van der Waals surface area contributed by atoms with Crippen LogP contribution in [-0.4, -0.2) is 0 Å². The van der Waals surface area contributed by atoms with Gasteiger partial charge in [-0.1, -0.05) is 6.92 Å². The van der Waals surface area contributed by atoms with Gasteiger partial charge in [0.1, 0.15) is 17.3 Å². The molecule has 2 unspecified atom stereocenters. The monoisotopic (exact) mass is 281 g/mol. The summed E-state index contributed by atoms with van der Waals surface area (Å²) in [6.45, 7) is 2.33. The van der Waals surface area contributed by atoms with Crippen LogP contribution in [0.3, 0.4) is 0 Å². The number of hydrogen-bond donors (Lipinski definition) is 1. The van der Waals surface area contributed by atoms with Crippen molar-refractivity contribution in [1.29, 1.82) is 0 Å². The first-order chi connectivity index (χ1) is 9.54. The third kappa shape index (κ3) is 2.53. The zero-order chi connectivity index (χ0) is 14.3. The van der Waals surface area contributed by atoms with Gasteiger partial charge in [0.05, 0.1) is 12.2 Å². The van der Waals surface area contributed by atoms with Gasteiger partial charge < -0.3 is 9.73 Å². The number of anilines is 1. The molecule has 0 amide bonds. The molecule has 0 spiro atoms. The van der Waals surface area contributed by atoms with Crippen molar-refractivity contribution < 1.29 is 17.6 Å². The summed E-state index contributed by atoms with van der Waals surface area (Å²) in [6, 6.07) is 5.12. The highest BCUT2D eigenvalue weighted by molar-refractivity contribution is 5.45. The first kappa shape index (κ1) is 13.1. The molecule has 5 heteroatoms. The van der Waals surface area contributed by atoms with Gasteiger partial charge in [0, 0.05) is 18.1 Å². The number of furan rings is 1. The van der Waals surface area contributed by atoms with E-state index < -0.39 is 17.5 Å². The number of nitrogens with one attached hydrogen (secondary N) is 1. The van der Waals surface area contributed by atoms with Gasteiger partial charge in [-0.15, -0.1) is 0 Å². The fourth-order valence-electron chi connectivity index (χ4n) is 2.27. The highest BCUT2D eigenvalue weighted by Crippen LogP contribution is 2.47. The summed E-state index contributed by atoms with van der Waals surface area (Å²) in [4.78, 5) is 0. The van der Waals surface area contributed by atoms with E-state index in [0.29, 0.717) is 23.7 Å². The molecule has 1 N–H and O–H groups in total. The SMILES string of the molecule is CC1CC1c1ccc(CNc2cc(F)cc(F)c2F)o1. The van der Waals surface area contributed by atoms with Crippen LogP contribution in [0, 0.1) is 23.4 Å². The summed E-state index contributed by atoms with van der Waals surface area (Å²) < 4.78 is 45.1. The minimum absolute atomic E-state index is 0.181. The van der Waals surface area contributed by atoms with E-state index in [4.69, 9.17) is 4.42 Å². The average Bonchev–Trinajstić information content (AvgIpc) is 2.95. The molecule has 0 radical (unpaired) electrons. The molecular formula is C15H14F3NO. The number of benzene rings is 1. The third-order valence-corrected chi connectivity index (χ3v) is 3.60. The van der Waals surface area contributed by atoms with E-state index in [0.717, 1.165) is 18.2 Å². The molecule has 3 rings (SSSR count). The standard InChI is InChI=1S/C15H14F3NO/c1-8-4-11(8)14-3-2-10(20-14)7-19-13-6-9(16)5-12(17)15(13)18/h2-3,5-6,8,11,19H,4,7H2,1H3. The minimum Gasteiger partial charge on any atom is -0.464 e. The van der Waals surface area contributed by atoms with Gasteiger partial charge in [-0.05, 0) is 24.5 Å². The van der Waals surface area contributed by atoms with E-state index in [1.165, 1.54) is 0 Å². The molecule has 0 saturated heterocycles. The highest BCUT2D eigenvalue weighted by Gasteiger charge is 2.36. The molecule has 0 aliphatic heterocycles. The van der Waals surface area contributed by atoms with Gasteiger partial charge in [-0.25, -0.2) is 13.2 Å². The number of hydrogen-bond acceptors (Lipinski definition) is 2. The van der Waals surface area contributed by atoms with E-state index in [1.807, 2.05) is 6.07 Å². The second-order valence-corrected chi connectivity index (χ2v) is 5.23. The zero-order valence-electron chi connectivity index (χ0n) is 10.9. The van der Waals surface area contributed by atoms with Crippen molar-refractivity contribution in [2.75, 3.05) is 5.32 Å². The highest BCUT2D eigenvalue weighted by atomic mass is 19.2. The van der Waals surface area contributed by atoms with Crippen molar-refractivity contribution in [3.8, 4) is 0 Å². The van der Waals surface area contributed by atoms with Crippen molar-refractivity contribution in [2.45, 2.75) is 25.8 Å². The van der Waals surface area contributed by atoms with Gasteiger partial charge >= 0.3 is 0 Å². The molecule has 2 nitrogen and oxygen atoms in total. The summed E-state index contributed by atoms with van der Waals surface area (Å²) in [5.41, 5.74) is -0.208. The summed E-state index contributed by atoms with van der Waals surface area (Å²) in [5, 5.41) is 2.65. The number of halogens is 3. The van der Waals surface area contributed by atoms with Crippen molar-refractivity contribution in [1.82, 2.24) is 0 Å². The van der Waals surface area contributed by atoms with Gasteiger partial charge in [0.2, 0.25) is 0 Å². The Morgan fingerprint density at radius 1 is 1.25 bits per heavy atom. The molecule has 1 aromatic heterocycles. The second-order valence-electron chi connectivity index (χ2n) is 5.23. The Bertz CT molecular complexity index is 638. The van der Waals surface area contributed by atoms with Crippen LogP contribution in [0.4, 0.5) is 18.9 Å². The molecule has 2 aromatic rings. The van der Waals surface area contributed by atoms with Crippen LogP contribution in [-0.2, 0) is 6.54 Å². The largest absolute Gasteiger partial charge is 0.464 e. The van der Waals surface area contributed by atoms with Crippen LogP contribution in [0.2, 0.25) is 0 Å². The van der Waals surface area contributed by atoms with Crippen molar-refractivity contribution in [2.24, 2.45) is 5.92 Å². The molecule has 1 saturated carbocycles.